The number of nitrogens with two attached hydrogens (primary N) is 1. The van der Waals surface area contributed by atoms with Gasteiger partial charge in [0, 0.05) is 18.2 Å². The molecule has 3 unspecified atom stereocenters. The number of amides is 1. The van der Waals surface area contributed by atoms with E-state index in [-0.39, 0.29) is 23.2 Å². The maximum atomic E-state index is 12.4. The fourth-order valence-electron chi connectivity index (χ4n) is 3.45. The molecule has 1 fully saturated rings. The number of hydrogen-bond acceptors (Lipinski definition) is 6. The van der Waals surface area contributed by atoms with Crippen LogP contribution in [0.1, 0.15) is 60.8 Å². The highest BCUT2D eigenvalue weighted by molar-refractivity contribution is 9.10. The van der Waals surface area contributed by atoms with Crippen molar-refractivity contribution < 1.29 is 14.0 Å². The van der Waals surface area contributed by atoms with Crippen molar-refractivity contribution in [1.82, 2.24) is 10.3 Å². The minimum Gasteiger partial charge on any atom is -0.444 e. The lowest BCUT2D eigenvalue weighted by Crippen LogP contribution is -2.51. The zero-order valence-electron chi connectivity index (χ0n) is 20.1. The number of anilines is 2. The van der Waals surface area contributed by atoms with Gasteiger partial charge in [-0.1, -0.05) is 20.8 Å². The van der Waals surface area contributed by atoms with E-state index in [9.17, 15) is 4.79 Å². The van der Waals surface area contributed by atoms with Crippen molar-refractivity contribution in [3.05, 3.63) is 16.9 Å². The standard InChI is InChI=1S/C22H39BrN4O3Si/c1-21(2,3)29-20(28)27-15-9-14(26-18-12-19(23)25-13-17(18)24)10-16(11-15)30-31(7,8)22(4,5)6/h12-16H,9-11,24H2,1-8H3,(H,25,26)(H,27,28). The first kappa shape index (κ1) is 25.9. The van der Waals surface area contributed by atoms with Gasteiger partial charge in [0.1, 0.15) is 10.2 Å². The number of carbonyl (C=O) groups excluding carboxylic acids is 1. The molecule has 1 aromatic heterocycles. The van der Waals surface area contributed by atoms with E-state index >= 15 is 0 Å². The average molecular weight is 516 g/mol. The fraction of sp³-hybridized carbons (Fsp3) is 0.727. The Labute approximate surface area is 196 Å². The minimum absolute atomic E-state index is 0.0404. The Morgan fingerprint density at radius 1 is 1.16 bits per heavy atom. The maximum absolute atomic E-state index is 12.4. The predicted octanol–water partition coefficient (Wildman–Crippen LogP) is 5.67. The Morgan fingerprint density at radius 3 is 2.35 bits per heavy atom. The van der Waals surface area contributed by atoms with Crippen molar-refractivity contribution in [1.29, 1.82) is 0 Å². The molecular weight excluding hydrogens is 476 g/mol. The lowest BCUT2D eigenvalue weighted by atomic mass is 9.88. The van der Waals surface area contributed by atoms with Crippen LogP contribution in [0.4, 0.5) is 16.2 Å². The number of ether oxygens (including phenoxy) is 1. The molecule has 176 valence electrons. The molecule has 3 atom stereocenters. The predicted molar refractivity (Wildman–Crippen MR) is 133 cm³/mol. The van der Waals surface area contributed by atoms with E-state index < -0.39 is 20.0 Å². The lowest BCUT2D eigenvalue weighted by molar-refractivity contribution is 0.0451. The summed E-state index contributed by atoms with van der Waals surface area (Å²) in [5.74, 6) is 0. The summed E-state index contributed by atoms with van der Waals surface area (Å²) in [7, 11) is -1.96. The van der Waals surface area contributed by atoms with Crippen LogP contribution >= 0.6 is 15.9 Å². The highest BCUT2D eigenvalue weighted by Gasteiger charge is 2.41. The number of nitrogens with zero attached hydrogens (tertiary/aromatic N) is 1. The van der Waals surface area contributed by atoms with Gasteiger partial charge in [0.05, 0.1) is 17.6 Å². The van der Waals surface area contributed by atoms with Crippen LogP contribution in [-0.4, -0.2) is 43.2 Å². The van der Waals surface area contributed by atoms with Crippen molar-refractivity contribution in [2.24, 2.45) is 0 Å². The summed E-state index contributed by atoms with van der Waals surface area (Å²) in [6.07, 6.45) is 3.65. The number of carbonyl (C=O) groups is 1. The number of alkyl carbamates (subject to hydrolysis) is 1. The molecule has 4 N–H and O–H groups in total. The summed E-state index contributed by atoms with van der Waals surface area (Å²) in [6.45, 7) is 16.8. The van der Waals surface area contributed by atoms with Crippen molar-refractivity contribution in [3.63, 3.8) is 0 Å². The van der Waals surface area contributed by atoms with Crippen LogP contribution in [0.3, 0.4) is 0 Å². The molecular formula is C22H39BrN4O3Si. The number of nitrogens with one attached hydrogen (secondary N) is 2. The first-order valence-electron chi connectivity index (χ1n) is 10.9. The van der Waals surface area contributed by atoms with Gasteiger partial charge in [-0.15, -0.1) is 0 Å². The van der Waals surface area contributed by atoms with Crippen LogP contribution in [0.15, 0.2) is 16.9 Å². The Kier molecular flexibility index (Phi) is 8.08. The Morgan fingerprint density at radius 2 is 1.77 bits per heavy atom. The number of nitrogen functional groups attached to an aromatic ring is 1. The highest BCUT2D eigenvalue weighted by atomic mass is 79.9. The van der Waals surface area contributed by atoms with Gasteiger partial charge in [0.15, 0.2) is 8.32 Å². The third kappa shape index (κ3) is 7.95. The molecule has 0 aromatic carbocycles. The van der Waals surface area contributed by atoms with Crippen LogP contribution in [0.2, 0.25) is 18.1 Å². The molecule has 2 rings (SSSR count). The zero-order chi connectivity index (χ0) is 23.6. The third-order valence-electron chi connectivity index (χ3n) is 5.91. The zero-order valence-corrected chi connectivity index (χ0v) is 22.7. The number of rotatable bonds is 5. The highest BCUT2D eigenvalue weighted by Crippen LogP contribution is 2.39. The van der Waals surface area contributed by atoms with Crippen LogP contribution in [0, 0.1) is 0 Å². The van der Waals surface area contributed by atoms with Crippen LogP contribution in [0.25, 0.3) is 0 Å². The SMILES string of the molecule is CC(C)(C)OC(=O)NC1CC(Nc2cc(Br)ncc2N)CC(O[Si](C)(C)C(C)(C)C)C1. The van der Waals surface area contributed by atoms with Gasteiger partial charge < -0.3 is 25.5 Å². The first-order valence-corrected chi connectivity index (χ1v) is 14.6. The van der Waals surface area contributed by atoms with E-state index in [0.29, 0.717) is 5.69 Å². The van der Waals surface area contributed by atoms with E-state index in [1.54, 1.807) is 6.20 Å². The molecule has 1 amide bonds. The lowest BCUT2D eigenvalue weighted by Gasteiger charge is -2.43. The van der Waals surface area contributed by atoms with E-state index in [1.807, 2.05) is 26.8 Å². The molecule has 9 heteroatoms. The molecule has 1 heterocycles. The molecule has 1 saturated carbocycles. The molecule has 1 aliphatic carbocycles. The smallest absolute Gasteiger partial charge is 0.407 e. The van der Waals surface area contributed by atoms with Gasteiger partial charge in [-0.05, 0) is 80.2 Å². The molecule has 1 aliphatic rings. The first-order chi connectivity index (χ1) is 14.1. The number of halogens is 1. The average Bonchev–Trinajstić information content (AvgIpc) is 2.54. The van der Waals surface area contributed by atoms with Crippen LogP contribution in [-0.2, 0) is 9.16 Å². The van der Waals surface area contributed by atoms with Crippen LogP contribution < -0.4 is 16.4 Å². The van der Waals surface area contributed by atoms with Crippen molar-refractivity contribution in [2.45, 2.75) is 103 Å². The Bertz CT molecular complexity index is 777. The summed E-state index contributed by atoms with van der Waals surface area (Å²) < 4.78 is 12.9. The van der Waals surface area contributed by atoms with Gasteiger partial charge in [0.2, 0.25) is 0 Å². The Hall–Kier alpha value is -1.32. The molecule has 0 radical (unpaired) electrons. The minimum atomic E-state index is -1.96. The van der Waals surface area contributed by atoms with Gasteiger partial charge in [-0.3, -0.25) is 0 Å². The molecule has 0 saturated heterocycles. The van der Waals surface area contributed by atoms with E-state index in [0.717, 1.165) is 29.6 Å². The monoisotopic (exact) mass is 514 g/mol. The number of pyridine rings is 1. The summed E-state index contributed by atoms with van der Waals surface area (Å²) in [5.41, 5.74) is 7.01. The van der Waals surface area contributed by atoms with E-state index in [2.05, 4.69) is 65.4 Å². The van der Waals surface area contributed by atoms with Gasteiger partial charge >= 0.3 is 6.09 Å². The molecule has 0 aliphatic heterocycles. The summed E-state index contributed by atoms with van der Waals surface area (Å²) >= 11 is 3.41. The Balaban J connectivity index is 2.18. The summed E-state index contributed by atoms with van der Waals surface area (Å²) in [4.78, 5) is 16.6. The second-order valence-electron chi connectivity index (χ2n) is 11.0. The quantitative estimate of drug-likeness (QED) is 0.345. The van der Waals surface area contributed by atoms with E-state index in [4.69, 9.17) is 14.9 Å². The molecule has 31 heavy (non-hydrogen) atoms. The topological polar surface area (TPSA) is 98.5 Å². The second kappa shape index (κ2) is 9.66. The number of hydrogen-bond donors (Lipinski definition) is 3. The van der Waals surface area contributed by atoms with Crippen molar-refractivity contribution >= 4 is 41.7 Å². The summed E-state index contributed by atoms with van der Waals surface area (Å²) in [6, 6.07) is 1.92. The van der Waals surface area contributed by atoms with Gasteiger partial charge in [0.25, 0.3) is 0 Å². The molecule has 0 bridgehead atoms. The molecule has 7 nitrogen and oxygen atoms in total. The second-order valence-corrected chi connectivity index (χ2v) is 16.6. The number of aromatic nitrogens is 1. The van der Waals surface area contributed by atoms with E-state index in [1.165, 1.54) is 0 Å². The van der Waals surface area contributed by atoms with Crippen molar-refractivity contribution in [2.75, 3.05) is 11.1 Å². The third-order valence-corrected chi connectivity index (χ3v) is 10.9. The molecule has 0 spiro atoms. The normalized spacial score (nSPS) is 22.7. The van der Waals surface area contributed by atoms with Gasteiger partial charge in [-0.25, -0.2) is 9.78 Å². The van der Waals surface area contributed by atoms with Crippen LogP contribution in [0.5, 0.6) is 0 Å². The summed E-state index contributed by atoms with van der Waals surface area (Å²) in [5, 5.41) is 6.71. The fourth-order valence-corrected chi connectivity index (χ4v) is 5.16. The van der Waals surface area contributed by atoms with Crippen molar-refractivity contribution in [3.8, 4) is 0 Å². The maximum Gasteiger partial charge on any atom is 0.407 e. The largest absolute Gasteiger partial charge is 0.444 e. The van der Waals surface area contributed by atoms with Gasteiger partial charge in [-0.2, -0.15) is 0 Å². The molecule has 1 aromatic rings.